The van der Waals surface area contributed by atoms with Crippen molar-refractivity contribution in [1.82, 2.24) is 0 Å². The fraction of sp³-hybridized carbons (Fsp3) is 0.867. The van der Waals surface area contributed by atoms with Crippen LogP contribution < -0.4 is 0 Å². The molecule has 0 heterocycles. The van der Waals surface area contributed by atoms with E-state index in [0.29, 0.717) is 21.7 Å². The number of rotatable bonds is 3. The molecule has 4 aliphatic carbocycles. The zero-order valence-corrected chi connectivity index (χ0v) is 21.4. The second kappa shape index (κ2) is 7.52. The summed E-state index contributed by atoms with van der Waals surface area (Å²) in [6.07, 6.45) is 17.9. The van der Waals surface area contributed by atoms with Crippen molar-refractivity contribution in [3.8, 4) is 0 Å². The Morgan fingerprint density at radius 3 is 1.97 bits per heavy atom. The summed E-state index contributed by atoms with van der Waals surface area (Å²) in [5.74, 6) is 3.27. The van der Waals surface area contributed by atoms with Crippen LogP contribution in [-0.2, 0) is 0 Å². The summed E-state index contributed by atoms with van der Waals surface area (Å²) in [7, 11) is 0. The standard InChI is InChI=1S/C30H50/c1-21-11-15-25-27(3,4)17-9-19-29(25,7)23(21)13-14-24-22(2)12-16-26-28(5,6)18-10-20-30(24,26)8/h12,23-26H,1,9-11,13-20H2,2-8H3. The van der Waals surface area contributed by atoms with Gasteiger partial charge in [0.05, 0.1) is 0 Å². The first-order valence-corrected chi connectivity index (χ1v) is 13.3. The molecule has 0 bridgehead atoms. The van der Waals surface area contributed by atoms with Crippen LogP contribution in [0.2, 0.25) is 0 Å². The molecule has 3 fully saturated rings. The minimum atomic E-state index is 0.482. The van der Waals surface area contributed by atoms with Gasteiger partial charge >= 0.3 is 0 Å². The summed E-state index contributed by atoms with van der Waals surface area (Å²) in [5, 5.41) is 0. The van der Waals surface area contributed by atoms with Gasteiger partial charge < -0.3 is 0 Å². The Bertz CT molecular complexity index is 706. The third-order valence-corrected chi connectivity index (χ3v) is 11.4. The maximum absolute atomic E-state index is 4.67. The van der Waals surface area contributed by atoms with Gasteiger partial charge in [0.2, 0.25) is 0 Å². The molecule has 0 radical (unpaired) electrons. The first-order valence-electron chi connectivity index (χ1n) is 13.3. The van der Waals surface area contributed by atoms with Gasteiger partial charge in [0.1, 0.15) is 0 Å². The Labute approximate surface area is 188 Å². The summed E-state index contributed by atoms with van der Waals surface area (Å²) < 4.78 is 0. The van der Waals surface area contributed by atoms with E-state index in [9.17, 15) is 0 Å². The van der Waals surface area contributed by atoms with Gasteiger partial charge in [-0.2, -0.15) is 0 Å². The van der Waals surface area contributed by atoms with E-state index in [1.54, 1.807) is 11.1 Å². The first kappa shape index (κ1) is 22.7. The highest BCUT2D eigenvalue weighted by molar-refractivity contribution is 5.20. The minimum absolute atomic E-state index is 0.482. The average molecular weight is 411 g/mol. The Morgan fingerprint density at radius 2 is 1.33 bits per heavy atom. The largest absolute Gasteiger partial charge is 0.0996 e. The van der Waals surface area contributed by atoms with E-state index < -0.39 is 0 Å². The van der Waals surface area contributed by atoms with Crippen LogP contribution in [0.1, 0.15) is 119 Å². The Morgan fingerprint density at radius 1 is 0.800 bits per heavy atom. The van der Waals surface area contributed by atoms with Gasteiger partial charge in [0.25, 0.3) is 0 Å². The molecule has 30 heavy (non-hydrogen) atoms. The molecule has 0 spiro atoms. The SMILES string of the molecule is C=C1CCC2C(C)(C)CCCC2(C)C1CCC1C(C)=CCC2C(C)(C)CCCC12C. The quantitative estimate of drug-likeness (QED) is 0.406. The Hall–Kier alpha value is -0.520. The molecule has 0 aromatic rings. The summed E-state index contributed by atoms with van der Waals surface area (Å²) in [5.41, 5.74) is 5.30. The van der Waals surface area contributed by atoms with Gasteiger partial charge in [0.15, 0.2) is 0 Å². The van der Waals surface area contributed by atoms with Crippen LogP contribution in [0.3, 0.4) is 0 Å². The molecular formula is C30H50. The predicted molar refractivity (Wildman–Crippen MR) is 131 cm³/mol. The fourth-order valence-corrected chi connectivity index (χ4v) is 9.84. The highest BCUT2D eigenvalue weighted by atomic mass is 14.6. The summed E-state index contributed by atoms with van der Waals surface area (Å²) >= 11 is 0. The van der Waals surface area contributed by atoms with Crippen molar-refractivity contribution in [2.24, 2.45) is 45.3 Å². The second-order valence-electron chi connectivity index (χ2n) is 13.9. The fourth-order valence-electron chi connectivity index (χ4n) is 9.84. The third-order valence-electron chi connectivity index (χ3n) is 11.4. The molecule has 0 N–H and O–H groups in total. The number of hydrogen-bond acceptors (Lipinski definition) is 0. The predicted octanol–water partition coefficient (Wildman–Crippen LogP) is 9.36. The molecule has 170 valence electrons. The van der Waals surface area contributed by atoms with E-state index in [-0.39, 0.29) is 0 Å². The molecule has 0 nitrogen and oxygen atoms in total. The van der Waals surface area contributed by atoms with Gasteiger partial charge in [-0.3, -0.25) is 0 Å². The van der Waals surface area contributed by atoms with Crippen molar-refractivity contribution >= 4 is 0 Å². The highest BCUT2D eigenvalue weighted by Gasteiger charge is 2.54. The van der Waals surface area contributed by atoms with Crippen molar-refractivity contribution < 1.29 is 0 Å². The molecule has 4 aliphatic rings. The summed E-state index contributed by atoms with van der Waals surface area (Å²) in [6.45, 7) is 22.7. The lowest BCUT2D eigenvalue weighted by molar-refractivity contribution is -0.0645. The summed E-state index contributed by atoms with van der Waals surface area (Å²) in [4.78, 5) is 0. The van der Waals surface area contributed by atoms with Crippen molar-refractivity contribution in [3.63, 3.8) is 0 Å². The zero-order valence-electron chi connectivity index (χ0n) is 21.4. The van der Waals surface area contributed by atoms with Crippen molar-refractivity contribution in [2.45, 2.75) is 119 Å². The lowest BCUT2D eigenvalue weighted by atomic mass is 9.45. The molecule has 4 rings (SSSR count). The molecule has 0 heteroatoms. The molecule has 0 aromatic heterocycles. The van der Waals surface area contributed by atoms with E-state index in [4.69, 9.17) is 0 Å². The van der Waals surface area contributed by atoms with Gasteiger partial charge in [-0.25, -0.2) is 0 Å². The van der Waals surface area contributed by atoms with Gasteiger partial charge in [-0.15, -0.1) is 0 Å². The maximum atomic E-state index is 4.67. The van der Waals surface area contributed by atoms with E-state index in [2.05, 4.69) is 61.1 Å². The van der Waals surface area contributed by atoms with Crippen LogP contribution in [0.25, 0.3) is 0 Å². The van der Waals surface area contributed by atoms with Crippen LogP contribution in [0.15, 0.2) is 23.8 Å². The number of fused-ring (bicyclic) bond motifs is 2. The van der Waals surface area contributed by atoms with E-state index >= 15 is 0 Å². The topological polar surface area (TPSA) is 0 Å². The van der Waals surface area contributed by atoms with Crippen LogP contribution in [-0.4, -0.2) is 0 Å². The molecule has 0 aromatic carbocycles. The minimum Gasteiger partial charge on any atom is -0.0996 e. The lowest BCUT2D eigenvalue weighted by Gasteiger charge is -2.59. The Balaban J connectivity index is 1.57. The van der Waals surface area contributed by atoms with E-state index in [1.165, 1.54) is 70.6 Å². The number of allylic oxidation sites excluding steroid dienone is 3. The van der Waals surface area contributed by atoms with Gasteiger partial charge in [-0.05, 0) is 110 Å². The van der Waals surface area contributed by atoms with E-state index in [0.717, 1.165) is 23.7 Å². The number of hydrogen-bond donors (Lipinski definition) is 0. The molecule has 6 atom stereocenters. The third kappa shape index (κ3) is 3.47. The smallest absolute Gasteiger partial charge is 0.0149 e. The maximum Gasteiger partial charge on any atom is -0.0149 e. The Kier molecular flexibility index (Phi) is 5.68. The monoisotopic (exact) mass is 410 g/mol. The van der Waals surface area contributed by atoms with Gasteiger partial charge in [-0.1, -0.05) is 78.2 Å². The van der Waals surface area contributed by atoms with Gasteiger partial charge in [0, 0.05) is 0 Å². The van der Waals surface area contributed by atoms with Crippen molar-refractivity contribution in [2.75, 3.05) is 0 Å². The molecule has 0 amide bonds. The van der Waals surface area contributed by atoms with E-state index in [1.807, 2.05) is 0 Å². The van der Waals surface area contributed by atoms with Crippen molar-refractivity contribution in [1.29, 1.82) is 0 Å². The molecule has 0 aliphatic heterocycles. The zero-order chi connectivity index (χ0) is 21.9. The van der Waals surface area contributed by atoms with Crippen LogP contribution >= 0.6 is 0 Å². The molecule has 3 saturated carbocycles. The normalized spacial score (nSPS) is 45.3. The molecular weight excluding hydrogens is 360 g/mol. The van der Waals surface area contributed by atoms with Crippen molar-refractivity contribution in [3.05, 3.63) is 23.8 Å². The average Bonchev–Trinajstić information content (AvgIpc) is 2.61. The molecule has 6 unspecified atom stereocenters. The van der Waals surface area contributed by atoms with Crippen LogP contribution in [0, 0.1) is 45.3 Å². The summed E-state index contributed by atoms with van der Waals surface area (Å²) in [6, 6.07) is 0. The first-order chi connectivity index (χ1) is 13.9. The molecule has 0 saturated heterocycles. The highest BCUT2D eigenvalue weighted by Crippen LogP contribution is 2.64. The van der Waals surface area contributed by atoms with Crippen LogP contribution in [0.4, 0.5) is 0 Å². The second-order valence-corrected chi connectivity index (χ2v) is 13.9. The van der Waals surface area contributed by atoms with Crippen LogP contribution in [0.5, 0.6) is 0 Å². The lowest BCUT2D eigenvalue weighted by Crippen LogP contribution is -2.50.